The molecule has 2 unspecified atom stereocenters. The van der Waals surface area contributed by atoms with Crippen molar-refractivity contribution in [3.63, 3.8) is 0 Å². The van der Waals surface area contributed by atoms with Crippen LogP contribution in [0.15, 0.2) is 0 Å². The fourth-order valence-electron chi connectivity index (χ4n) is 2.45. The van der Waals surface area contributed by atoms with Crippen LogP contribution in [0.3, 0.4) is 0 Å². The van der Waals surface area contributed by atoms with Crippen molar-refractivity contribution >= 4 is 0 Å². The molecule has 76 valence electrons. The van der Waals surface area contributed by atoms with Crippen LogP contribution in [0.25, 0.3) is 0 Å². The van der Waals surface area contributed by atoms with Crippen LogP contribution in [0, 0.1) is 0 Å². The van der Waals surface area contributed by atoms with E-state index in [1.165, 1.54) is 51.5 Å². The average Bonchev–Trinajstić information content (AvgIpc) is 2.49. The highest BCUT2D eigenvalue weighted by atomic mass is 16.5. The summed E-state index contributed by atoms with van der Waals surface area (Å²) in [5.74, 6) is 0. The van der Waals surface area contributed by atoms with E-state index in [2.05, 4.69) is 5.32 Å². The van der Waals surface area contributed by atoms with Gasteiger partial charge in [0.2, 0.25) is 0 Å². The number of hydrogen-bond donors (Lipinski definition) is 1. The highest BCUT2D eigenvalue weighted by Gasteiger charge is 2.20. The smallest absolute Gasteiger partial charge is 0.0590 e. The van der Waals surface area contributed by atoms with Crippen molar-refractivity contribution in [3.8, 4) is 0 Å². The highest BCUT2D eigenvalue weighted by Crippen LogP contribution is 2.20. The van der Waals surface area contributed by atoms with Crippen molar-refractivity contribution in [1.29, 1.82) is 0 Å². The van der Waals surface area contributed by atoms with Crippen LogP contribution in [0.5, 0.6) is 0 Å². The minimum absolute atomic E-state index is 0.565. The summed E-state index contributed by atoms with van der Waals surface area (Å²) in [7, 11) is 0. The van der Waals surface area contributed by atoms with Crippen molar-refractivity contribution < 1.29 is 4.74 Å². The van der Waals surface area contributed by atoms with Gasteiger partial charge in [-0.25, -0.2) is 0 Å². The molecule has 1 N–H and O–H groups in total. The lowest BCUT2D eigenvalue weighted by atomic mass is 10.0. The Morgan fingerprint density at radius 2 is 2.08 bits per heavy atom. The van der Waals surface area contributed by atoms with E-state index in [4.69, 9.17) is 4.74 Å². The molecule has 2 rings (SSSR count). The van der Waals surface area contributed by atoms with Gasteiger partial charge in [-0.15, -0.1) is 0 Å². The largest absolute Gasteiger partial charge is 0.378 e. The molecule has 2 aliphatic rings. The first-order valence-corrected chi connectivity index (χ1v) is 5.80. The Morgan fingerprint density at radius 3 is 2.92 bits per heavy atom. The second-order valence-corrected chi connectivity index (χ2v) is 4.37. The van der Waals surface area contributed by atoms with E-state index in [9.17, 15) is 0 Å². The molecule has 0 bridgehead atoms. The Kier molecular flexibility index (Phi) is 3.62. The lowest BCUT2D eigenvalue weighted by Gasteiger charge is -2.19. The Hall–Kier alpha value is -0.0800. The van der Waals surface area contributed by atoms with Crippen LogP contribution in [0.1, 0.15) is 44.9 Å². The van der Waals surface area contributed by atoms with Crippen LogP contribution < -0.4 is 5.32 Å². The molecular weight excluding hydrogens is 162 g/mol. The molecule has 2 nitrogen and oxygen atoms in total. The quantitative estimate of drug-likeness (QED) is 0.707. The fraction of sp³-hybridized carbons (Fsp3) is 1.00. The van der Waals surface area contributed by atoms with Gasteiger partial charge in [0.1, 0.15) is 0 Å². The summed E-state index contributed by atoms with van der Waals surface area (Å²) in [4.78, 5) is 0. The normalized spacial score (nSPS) is 36.0. The van der Waals surface area contributed by atoms with Gasteiger partial charge in [-0.1, -0.05) is 12.8 Å². The predicted molar refractivity (Wildman–Crippen MR) is 53.8 cm³/mol. The van der Waals surface area contributed by atoms with Gasteiger partial charge in [0.05, 0.1) is 6.10 Å². The standard InChI is InChI=1S/C11H21NO/c1-2-5-10(12-7-3-1)9-11-6-4-8-13-11/h10-12H,1-9H2. The molecular formula is C11H21NO. The number of rotatable bonds is 2. The van der Waals surface area contributed by atoms with E-state index >= 15 is 0 Å². The van der Waals surface area contributed by atoms with Crippen molar-refractivity contribution in [2.45, 2.75) is 57.1 Å². The number of ether oxygens (including phenoxy) is 1. The molecule has 2 heteroatoms. The summed E-state index contributed by atoms with van der Waals surface area (Å²) in [6.07, 6.45) is 9.92. The Bertz CT molecular complexity index is 135. The average molecular weight is 183 g/mol. The first kappa shape index (κ1) is 9.47. The molecule has 13 heavy (non-hydrogen) atoms. The second-order valence-electron chi connectivity index (χ2n) is 4.37. The maximum atomic E-state index is 5.66. The first-order chi connectivity index (χ1) is 6.45. The summed E-state index contributed by atoms with van der Waals surface area (Å²) in [6.45, 7) is 2.22. The molecule has 2 heterocycles. The minimum atomic E-state index is 0.565. The van der Waals surface area contributed by atoms with Gasteiger partial charge in [0.15, 0.2) is 0 Å². The summed E-state index contributed by atoms with van der Waals surface area (Å²) in [5.41, 5.74) is 0. The van der Waals surface area contributed by atoms with Gasteiger partial charge < -0.3 is 10.1 Å². The zero-order chi connectivity index (χ0) is 8.93. The molecule has 0 amide bonds. The van der Waals surface area contributed by atoms with E-state index < -0.39 is 0 Å². The molecule has 0 aromatic heterocycles. The van der Waals surface area contributed by atoms with Gasteiger partial charge in [-0.3, -0.25) is 0 Å². The van der Waals surface area contributed by atoms with Gasteiger partial charge in [-0.05, 0) is 38.6 Å². The first-order valence-electron chi connectivity index (χ1n) is 5.80. The van der Waals surface area contributed by atoms with E-state index in [1.54, 1.807) is 0 Å². The fourth-order valence-corrected chi connectivity index (χ4v) is 2.45. The zero-order valence-electron chi connectivity index (χ0n) is 8.43. The van der Waals surface area contributed by atoms with E-state index in [-0.39, 0.29) is 0 Å². The molecule has 0 spiro atoms. The Labute approximate surface area is 81.0 Å². The molecule has 2 fully saturated rings. The van der Waals surface area contributed by atoms with Gasteiger partial charge in [-0.2, -0.15) is 0 Å². The van der Waals surface area contributed by atoms with Crippen LogP contribution in [-0.2, 0) is 4.74 Å². The summed E-state index contributed by atoms with van der Waals surface area (Å²) in [6, 6.07) is 0.741. The van der Waals surface area contributed by atoms with Gasteiger partial charge in [0.25, 0.3) is 0 Å². The molecule has 2 atom stereocenters. The number of hydrogen-bond acceptors (Lipinski definition) is 2. The second kappa shape index (κ2) is 4.97. The SMILES string of the molecule is C1CCNC(CC2CCCO2)CC1. The third-order valence-corrected chi connectivity index (χ3v) is 3.23. The van der Waals surface area contributed by atoms with Crippen molar-refractivity contribution in [2.75, 3.05) is 13.2 Å². The molecule has 0 saturated carbocycles. The van der Waals surface area contributed by atoms with Crippen molar-refractivity contribution in [2.24, 2.45) is 0 Å². The van der Waals surface area contributed by atoms with Crippen molar-refractivity contribution in [3.05, 3.63) is 0 Å². The topological polar surface area (TPSA) is 21.3 Å². The lowest BCUT2D eigenvalue weighted by molar-refractivity contribution is 0.0941. The zero-order valence-corrected chi connectivity index (χ0v) is 8.43. The summed E-state index contributed by atoms with van der Waals surface area (Å²) < 4.78 is 5.66. The van der Waals surface area contributed by atoms with Crippen LogP contribution in [-0.4, -0.2) is 25.3 Å². The van der Waals surface area contributed by atoms with E-state index in [0.29, 0.717) is 6.10 Å². The van der Waals surface area contributed by atoms with Gasteiger partial charge in [0, 0.05) is 12.6 Å². The van der Waals surface area contributed by atoms with Crippen molar-refractivity contribution in [1.82, 2.24) is 5.32 Å². The Morgan fingerprint density at radius 1 is 1.08 bits per heavy atom. The Balaban J connectivity index is 1.71. The highest BCUT2D eigenvalue weighted by molar-refractivity contribution is 4.76. The van der Waals surface area contributed by atoms with Crippen LogP contribution in [0.4, 0.5) is 0 Å². The molecule has 0 aliphatic carbocycles. The van der Waals surface area contributed by atoms with E-state index in [0.717, 1.165) is 12.6 Å². The number of nitrogens with one attached hydrogen (secondary N) is 1. The third kappa shape index (κ3) is 2.96. The molecule has 0 radical (unpaired) electrons. The minimum Gasteiger partial charge on any atom is -0.378 e. The van der Waals surface area contributed by atoms with E-state index in [1.807, 2.05) is 0 Å². The van der Waals surface area contributed by atoms with Crippen LogP contribution >= 0.6 is 0 Å². The predicted octanol–water partition coefficient (Wildman–Crippen LogP) is 2.09. The summed E-state index contributed by atoms with van der Waals surface area (Å²) >= 11 is 0. The lowest BCUT2D eigenvalue weighted by Crippen LogP contribution is -2.31. The summed E-state index contributed by atoms with van der Waals surface area (Å²) in [5, 5.41) is 3.63. The monoisotopic (exact) mass is 183 g/mol. The molecule has 2 saturated heterocycles. The third-order valence-electron chi connectivity index (χ3n) is 3.23. The molecule has 2 aliphatic heterocycles. The van der Waals surface area contributed by atoms with Gasteiger partial charge >= 0.3 is 0 Å². The van der Waals surface area contributed by atoms with Crippen LogP contribution in [0.2, 0.25) is 0 Å². The maximum Gasteiger partial charge on any atom is 0.0590 e. The maximum absolute atomic E-state index is 5.66. The molecule has 0 aromatic rings. The molecule has 0 aromatic carbocycles.